The van der Waals surface area contributed by atoms with Gasteiger partial charge in [-0.3, -0.25) is 0 Å². The van der Waals surface area contributed by atoms with E-state index in [1.165, 1.54) is 24.7 Å². The van der Waals surface area contributed by atoms with Crippen LogP contribution in [0.25, 0.3) is 32.8 Å². The van der Waals surface area contributed by atoms with Gasteiger partial charge in [-0.05, 0) is 47.2 Å². The minimum Gasteiger partial charge on any atom is -0.353 e. The summed E-state index contributed by atoms with van der Waals surface area (Å²) in [7, 11) is 0. The summed E-state index contributed by atoms with van der Waals surface area (Å²) in [5.74, 6) is 0.389. The zero-order chi connectivity index (χ0) is 21.8. The molecule has 2 saturated heterocycles. The summed E-state index contributed by atoms with van der Waals surface area (Å²) < 4.78 is 16.1. The fourth-order valence-corrected chi connectivity index (χ4v) is 5.80. The third kappa shape index (κ3) is 3.06. The first-order chi connectivity index (χ1) is 15.6. The predicted octanol–water partition coefficient (Wildman–Crippen LogP) is 5.75. The minimum absolute atomic E-state index is 0.325. The van der Waals surface area contributed by atoms with Crippen LogP contribution in [0.3, 0.4) is 0 Å². The first-order valence-electron chi connectivity index (χ1n) is 11.3. The first-order valence-corrected chi connectivity index (χ1v) is 11.7. The molecule has 2 aliphatic rings. The molecule has 6 heteroatoms. The van der Waals surface area contributed by atoms with Crippen molar-refractivity contribution in [2.75, 3.05) is 18.0 Å². The number of anilines is 1. The third-order valence-corrected chi connectivity index (χ3v) is 7.26. The second-order valence-corrected chi connectivity index (χ2v) is 9.27. The molecule has 0 saturated carbocycles. The van der Waals surface area contributed by atoms with Gasteiger partial charge in [0.05, 0.1) is 5.02 Å². The van der Waals surface area contributed by atoms with E-state index < -0.39 is 0 Å². The maximum atomic E-state index is 16.1. The number of piperazine rings is 1. The Hall–Kier alpha value is -2.76. The van der Waals surface area contributed by atoms with Gasteiger partial charge in [0.15, 0.2) is 5.82 Å². The largest absolute Gasteiger partial charge is 0.353 e. The Bertz CT molecular complexity index is 1340. The highest BCUT2D eigenvalue weighted by Gasteiger charge is 2.33. The zero-order valence-electron chi connectivity index (χ0n) is 17.9. The van der Waals surface area contributed by atoms with Crippen molar-refractivity contribution in [2.45, 2.75) is 38.3 Å². The monoisotopic (exact) mass is 446 g/mol. The Morgan fingerprint density at radius 3 is 2.59 bits per heavy atom. The number of aryl methyl sites for hydroxylation is 1. The van der Waals surface area contributed by atoms with Gasteiger partial charge in [-0.2, -0.15) is 0 Å². The SMILES string of the molecule is CCc1cccc2cccc(-c3c(Cl)cc4c(N5CC6CCC(C5)N6)ncnc4c3F)c12. The van der Waals surface area contributed by atoms with Crippen molar-refractivity contribution in [1.82, 2.24) is 15.3 Å². The molecule has 32 heavy (non-hydrogen) atoms. The van der Waals surface area contributed by atoms with Gasteiger partial charge in [0.2, 0.25) is 0 Å². The lowest BCUT2D eigenvalue weighted by Crippen LogP contribution is -2.51. The molecule has 4 nitrogen and oxygen atoms in total. The average Bonchev–Trinajstić information content (AvgIpc) is 3.15. The van der Waals surface area contributed by atoms with E-state index in [9.17, 15) is 0 Å². The van der Waals surface area contributed by atoms with Crippen LogP contribution in [0.2, 0.25) is 5.02 Å². The number of halogens is 2. The van der Waals surface area contributed by atoms with E-state index in [2.05, 4.69) is 45.3 Å². The molecule has 2 unspecified atom stereocenters. The fraction of sp³-hybridized carbons (Fsp3) is 0.308. The molecule has 3 heterocycles. The molecule has 2 bridgehead atoms. The van der Waals surface area contributed by atoms with Crippen LogP contribution >= 0.6 is 11.6 Å². The Morgan fingerprint density at radius 1 is 1.09 bits per heavy atom. The molecule has 1 N–H and O–H groups in total. The number of fused-ring (bicyclic) bond motifs is 4. The summed E-state index contributed by atoms with van der Waals surface area (Å²) in [6.07, 6.45) is 4.68. The summed E-state index contributed by atoms with van der Waals surface area (Å²) in [6, 6.07) is 14.9. The van der Waals surface area contributed by atoms with Crippen molar-refractivity contribution >= 4 is 39.1 Å². The molecule has 6 rings (SSSR count). The highest BCUT2D eigenvalue weighted by Crippen LogP contribution is 2.41. The van der Waals surface area contributed by atoms with Gasteiger partial charge < -0.3 is 10.2 Å². The van der Waals surface area contributed by atoms with Crippen LogP contribution in [-0.2, 0) is 6.42 Å². The van der Waals surface area contributed by atoms with E-state index in [4.69, 9.17) is 11.6 Å². The van der Waals surface area contributed by atoms with E-state index >= 15 is 4.39 Å². The molecule has 0 aliphatic carbocycles. The van der Waals surface area contributed by atoms with Crippen molar-refractivity contribution in [3.63, 3.8) is 0 Å². The van der Waals surface area contributed by atoms with Crippen LogP contribution in [0.1, 0.15) is 25.3 Å². The molecule has 4 aromatic rings. The molecule has 2 atom stereocenters. The number of nitrogens with zero attached hydrogens (tertiary/aromatic N) is 3. The average molecular weight is 447 g/mol. The van der Waals surface area contributed by atoms with Crippen molar-refractivity contribution < 1.29 is 4.39 Å². The summed E-state index contributed by atoms with van der Waals surface area (Å²) >= 11 is 6.79. The Morgan fingerprint density at radius 2 is 1.84 bits per heavy atom. The van der Waals surface area contributed by atoms with Gasteiger partial charge in [-0.15, -0.1) is 0 Å². The molecule has 162 valence electrons. The summed E-state index contributed by atoms with van der Waals surface area (Å²) in [5.41, 5.74) is 2.72. The van der Waals surface area contributed by atoms with E-state index in [1.54, 1.807) is 0 Å². The molecular formula is C26H24ClFN4. The lowest BCUT2D eigenvalue weighted by molar-refractivity contribution is 0.464. The first kappa shape index (κ1) is 19.9. The number of benzene rings is 3. The minimum atomic E-state index is -0.382. The van der Waals surface area contributed by atoms with Crippen LogP contribution in [0, 0.1) is 5.82 Å². The third-order valence-electron chi connectivity index (χ3n) is 6.96. The fourth-order valence-electron chi connectivity index (χ4n) is 5.51. The smallest absolute Gasteiger partial charge is 0.158 e. The maximum Gasteiger partial charge on any atom is 0.158 e. The van der Waals surface area contributed by atoms with Crippen LogP contribution < -0.4 is 10.2 Å². The van der Waals surface area contributed by atoms with Crippen molar-refractivity contribution in [3.8, 4) is 11.1 Å². The van der Waals surface area contributed by atoms with Crippen molar-refractivity contribution in [3.05, 3.63) is 65.2 Å². The van der Waals surface area contributed by atoms with Crippen LogP contribution in [0.15, 0.2) is 48.8 Å². The van der Waals surface area contributed by atoms with E-state index in [0.29, 0.717) is 33.6 Å². The van der Waals surface area contributed by atoms with E-state index in [0.717, 1.165) is 41.7 Å². The maximum absolute atomic E-state index is 16.1. The van der Waals surface area contributed by atoms with Crippen LogP contribution in [0.5, 0.6) is 0 Å². The second-order valence-electron chi connectivity index (χ2n) is 8.86. The number of hydrogen-bond donors (Lipinski definition) is 1. The molecule has 0 spiro atoms. The van der Waals surface area contributed by atoms with Crippen LogP contribution in [0.4, 0.5) is 10.2 Å². The Balaban J connectivity index is 1.56. The summed E-state index contributed by atoms with van der Waals surface area (Å²) in [5, 5.41) is 6.83. The van der Waals surface area contributed by atoms with E-state index in [-0.39, 0.29) is 5.82 Å². The lowest BCUT2D eigenvalue weighted by Gasteiger charge is -2.34. The lowest BCUT2D eigenvalue weighted by atomic mass is 9.92. The number of hydrogen-bond acceptors (Lipinski definition) is 4. The van der Waals surface area contributed by atoms with Crippen LogP contribution in [-0.4, -0.2) is 35.1 Å². The second kappa shape index (κ2) is 7.68. The topological polar surface area (TPSA) is 41.0 Å². The highest BCUT2D eigenvalue weighted by molar-refractivity contribution is 6.35. The number of rotatable bonds is 3. The normalized spacial score (nSPS) is 20.4. The van der Waals surface area contributed by atoms with Gasteiger partial charge in [-0.1, -0.05) is 54.9 Å². The number of nitrogens with one attached hydrogen (secondary N) is 1. The number of aromatic nitrogens is 2. The summed E-state index contributed by atoms with van der Waals surface area (Å²) in [6.45, 7) is 3.85. The zero-order valence-corrected chi connectivity index (χ0v) is 18.7. The molecular weight excluding hydrogens is 423 g/mol. The van der Waals surface area contributed by atoms with Gasteiger partial charge in [0, 0.05) is 36.1 Å². The molecule has 2 fully saturated rings. The van der Waals surface area contributed by atoms with E-state index in [1.807, 2.05) is 24.3 Å². The molecule has 2 aliphatic heterocycles. The quantitative estimate of drug-likeness (QED) is 0.435. The molecule has 3 aromatic carbocycles. The van der Waals surface area contributed by atoms with Gasteiger partial charge in [-0.25, -0.2) is 14.4 Å². The highest BCUT2D eigenvalue weighted by atomic mass is 35.5. The van der Waals surface area contributed by atoms with Gasteiger partial charge >= 0.3 is 0 Å². The predicted molar refractivity (Wildman–Crippen MR) is 129 cm³/mol. The molecule has 0 amide bonds. The Kier molecular flexibility index (Phi) is 4.77. The standard InChI is InChI=1S/C26H24ClFN4/c1-2-15-5-3-6-16-7-4-8-19(22(15)16)23-21(27)11-20-25(24(23)28)29-14-30-26(20)32-12-17-9-10-18(13-32)31-17/h3-8,11,14,17-18,31H,2,9-10,12-13H2,1H3. The van der Waals surface area contributed by atoms with Gasteiger partial charge in [0.1, 0.15) is 17.7 Å². The van der Waals surface area contributed by atoms with Crippen molar-refractivity contribution in [2.24, 2.45) is 0 Å². The Labute approximate surface area is 191 Å². The van der Waals surface area contributed by atoms with Crippen molar-refractivity contribution in [1.29, 1.82) is 0 Å². The molecule has 0 radical (unpaired) electrons. The van der Waals surface area contributed by atoms with Gasteiger partial charge in [0.25, 0.3) is 0 Å². The molecule has 1 aromatic heterocycles. The summed E-state index contributed by atoms with van der Waals surface area (Å²) in [4.78, 5) is 11.2.